The Labute approximate surface area is 263 Å². The fourth-order valence-electron chi connectivity index (χ4n) is 5.14. The number of hydrogen-bond donors (Lipinski definition) is 3. The van der Waals surface area contributed by atoms with Crippen molar-refractivity contribution in [2.45, 2.75) is 56.7 Å². The second-order valence-corrected chi connectivity index (χ2v) is 12.8. The van der Waals surface area contributed by atoms with Gasteiger partial charge in [0.2, 0.25) is 5.91 Å². The van der Waals surface area contributed by atoms with Crippen LogP contribution in [0.5, 0.6) is 0 Å². The molecular formula is C31H33N5O8S. The highest BCUT2D eigenvalue weighted by Gasteiger charge is 2.49. The minimum Gasteiger partial charge on any atom is -0.381 e. The predicted octanol–water partition coefficient (Wildman–Crippen LogP) is 3.51. The lowest BCUT2D eigenvalue weighted by Crippen LogP contribution is -2.58. The summed E-state index contributed by atoms with van der Waals surface area (Å²) < 4.78 is -0.703. The third-order valence-electron chi connectivity index (χ3n) is 7.63. The minimum absolute atomic E-state index is 0.0228. The number of hydrogen-bond acceptors (Lipinski definition) is 9. The lowest BCUT2D eigenvalue weighted by Gasteiger charge is -2.33. The Hall–Kier alpha value is -4.82. The highest BCUT2D eigenvalue weighted by molar-refractivity contribution is 8.00. The maximum Gasteiger partial charge on any atom is 0.277 e. The molecule has 3 amide bonds. The molecule has 4 rings (SSSR count). The molecule has 14 heteroatoms. The quantitative estimate of drug-likeness (QED) is 0.209. The molecule has 1 saturated heterocycles. The fraction of sp³-hybridized carbons (Fsp3) is 0.323. The van der Waals surface area contributed by atoms with Crippen molar-refractivity contribution in [1.82, 2.24) is 15.5 Å². The zero-order chi connectivity index (χ0) is 32.9. The van der Waals surface area contributed by atoms with Crippen molar-refractivity contribution in [2.75, 3.05) is 5.88 Å². The Morgan fingerprint density at radius 3 is 2.20 bits per heavy atom. The third-order valence-corrected chi connectivity index (χ3v) is 9.00. The van der Waals surface area contributed by atoms with Gasteiger partial charge in [0.05, 0.1) is 33.4 Å². The third kappa shape index (κ3) is 7.83. The zero-order valence-corrected chi connectivity index (χ0v) is 25.7. The fourth-order valence-corrected chi connectivity index (χ4v) is 6.28. The maximum absolute atomic E-state index is 13.9. The van der Waals surface area contributed by atoms with Crippen molar-refractivity contribution in [1.29, 1.82) is 0 Å². The number of aliphatic hydroxyl groups excluding tert-OH is 1. The summed E-state index contributed by atoms with van der Waals surface area (Å²) >= 11 is 1.37. The van der Waals surface area contributed by atoms with E-state index in [0.717, 1.165) is 29.3 Å². The van der Waals surface area contributed by atoms with Gasteiger partial charge in [0.1, 0.15) is 6.04 Å². The number of nitrogens with zero attached hydrogens (tertiary/aromatic N) is 3. The SMILES string of the molecule is Cc1ccccc1CNC(=O)[C@H]1N(C(=O)[C@@H](O)C(Cc2ccccc2)NC(=O)c2cc([N+](=O)[O-])cc([N+](=O)[O-])c2)CSC1(C)C. The van der Waals surface area contributed by atoms with Crippen LogP contribution in [0.4, 0.5) is 11.4 Å². The first kappa shape index (κ1) is 33.1. The predicted molar refractivity (Wildman–Crippen MR) is 167 cm³/mol. The first-order valence-electron chi connectivity index (χ1n) is 14.0. The molecule has 0 aromatic heterocycles. The smallest absolute Gasteiger partial charge is 0.277 e. The van der Waals surface area contributed by atoms with Crippen LogP contribution in [0.25, 0.3) is 0 Å². The number of thioether (sulfide) groups is 1. The van der Waals surface area contributed by atoms with Crippen molar-refractivity contribution in [3.63, 3.8) is 0 Å². The standard InChI is InChI=1S/C31H33N5O8S/c1-19-9-7-8-12-21(19)17-32-29(39)27-31(2,3)45-18-34(27)30(40)26(37)25(13-20-10-5-4-6-11-20)33-28(38)22-14-23(35(41)42)16-24(15-22)36(43)44/h4-12,14-16,25-27,37H,13,17-18H2,1-3H3,(H,32,39)(H,33,38)/t25?,26-,27+/m0/s1. The van der Waals surface area contributed by atoms with Gasteiger partial charge in [-0.3, -0.25) is 34.6 Å². The number of benzene rings is 3. The number of nitro groups is 2. The van der Waals surface area contributed by atoms with Gasteiger partial charge in [-0.15, -0.1) is 11.8 Å². The van der Waals surface area contributed by atoms with E-state index < -0.39 is 61.9 Å². The number of aliphatic hydroxyl groups is 1. The molecule has 3 aromatic rings. The molecule has 1 heterocycles. The van der Waals surface area contributed by atoms with Gasteiger partial charge in [0.25, 0.3) is 23.2 Å². The largest absolute Gasteiger partial charge is 0.381 e. The van der Waals surface area contributed by atoms with Gasteiger partial charge in [0, 0.05) is 23.4 Å². The Morgan fingerprint density at radius 2 is 1.60 bits per heavy atom. The second kappa shape index (κ2) is 13.9. The molecule has 45 heavy (non-hydrogen) atoms. The van der Waals surface area contributed by atoms with Gasteiger partial charge < -0.3 is 20.6 Å². The molecule has 0 bridgehead atoms. The van der Waals surface area contributed by atoms with E-state index in [1.54, 1.807) is 30.3 Å². The summed E-state index contributed by atoms with van der Waals surface area (Å²) in [5, 5.41) is 39.6. The van der Waals surface area contributed by atoms with Crippen LogP contribution >= 0.6 is 11.8 Å². The number of amides is 3. The van der Waals surface area contributed by atoms with Crippen LogP contribution in [0.1, 0.15) is 40.9 Å². The van der Waals surface area contributed by atoms with Crippen molar-refractivity contribution < 1.29 is 29.3 Å². The van der Waals surface area contributed by atoms with E-state index in [-0.39, 0.29) is 24.4 Å². The summed E-state index contributed by atoms with van der Waals surface area (Å²) in [6.07, 6.45) is -1.85. The van der Waals surface area contributed by atoms with Crippen molar-refractivity contribution in [3.8, 4) is 0 Å². The van der Waals surface area contributed by atoms with Gasteiger partial charge in [-0.25, -0.2) is 0 Å². The topological polar surface area (TPSA) is 185 Å². The average molecular weight is 636 g/mol. The second-order valence-electron chi connectivity index (χ2n) is 11.2. The van der Waals surface area contributed by atoms with Crippen LogP contribution in [-0.2, 0) is 22.6 Å². The van der Waals surface area contributed by atoms with E-state index in [1.807, 2.05) is 45.0 Å². The molecule has 0 aliphatic carbocycles. The minimum atomic E-state index is -1.83. The molecule has 13 nitrogen and oxygen atoms in total. The van der Waals surface area contributed by atoms with Crippen molar-refractivity contribution >= 4 is 40.9 Å². The van der Waals surface area contributed by atoms with Crippen LogP contribution in [0.15, 0.2) is 72.8 Å². The van der Waals surface area contributed by atoms with Crippen LogP contribution < -0.4 is 10.6 Å². The number of carbonyl (C=O) groups is 3. The number of rotatable bonds is 11. The molecule has 3 atom stereocenters. The first-order valence-corrected chi connectivity index (χ1v) is 15.0. The zero-order valence-electron chi connectivity index (χ0n) is 24.8. The van der Waals surface area contributed by atoms with Crippen LogP contribution in [0.3, 0.4) is 0 Å². The van der Waals surface area contributed by atoms with Gasteiger partial charge >= 0.3 is 0 Å². The summed E-state index contributed by atoms with van der Waals surface area (Å²) in [6, 6.07) is 16.6. The van der Waals surface area contributed by atoms with Crippen molar-refractivity contribution in [3.05, 3.63) is 115 Å². The summed E-state index contributed by atoms with van der Waals surface area (Å²) in [5.74, 6) is -2.05. The molecule has 0 spiro atoms. The molecule has 3 aromatic carbocycles. The summed E-state index contributed by atoms with van der Waals surface area (Å²) in [4.78, 5) is 63.0. The lowest BCUT2D eigenvalue weighted by molar-refractivity contribution is -0.394. The number of aryl methyl sites for hydroxylation is 1. The average Bonchev–Trinajstić information content (AvgIpc) is 3.34. The summed E-state index contributed by atoms with van der Waals surface area (Å²) in [6.45, 7) is 5.83. The maximum atomic E-state index is 13.9. The van der Waals surface area contributed by atoms with E-state index >= 15 is 0 Å². The molecule has 1 aliphatic heterocycles. The molecule has 1 aliphatic rings. The monoisotopic (exact) mass is 635 g/mol. The molecular weight excluding hydrogens is 602 g/mol. The summed E-state index contributed by atoms with van der Waals surface area (Å²) in [7, 11) is 0. The number of nitrogens with one attached hydrogen (secondary N) is 2. The molecule has 0 radical (unpaired) electrons. The Balaban J connectivity index is 1.60. The van der Waals surface area contributed by atoms with Crippen LogP contribution in [0.2, 0.25) is 0 Å². The highest BCUT2D eigenvalue weighted by Crippen LogP contribution is 2.40. The Morgan fingerprint density at radius 1 is 1.00 bits per heavy atom. The normalized spacial score (nSPS) is 16.8. The van der Waals surface area contributed by atoms with E-state index in [2.05, 4.69) is 10.6 Å². The molecule has 1 unspecified atom stereocenters. The highest BCUT2D eigenvalue weighted by atomic mass is 32.2. The van der Waals surface area contributed by atoms with Gasteiger partial charge in [-0.1, -0.05) is 54.6 Å². The van der Waals surface area contributed by atoms with E-state index in [4.69, 9.17) is 0 Å². The van der Waals surface area contributed by atoms with Crippen LogP contribution in [-0.4, -0.2) is 66.4 Å². The van der Waals surface area contributed by atoms with Gasteiger partial charge in [-0.05, 0) is 43.9 Å². The lowest BCUT2D eigenvalue weighted by atomic mass is 9.96. The molecule has 236 valence electrons. The summed E-state index contributed by atoms with van der Waals surface area (Å²) in [5.41, 5.74) is 0.847. The van der Waals surface area contributed by atoms with Crippen molar-refractivity contribution in [2.24, 2.45) is 0 Å². The van der Waals surface area contributed by atoms with Gasteiger partial charge in [-0.2, -0.15) is 0 Å². The molecule has 3 N–H and O–H groups in total. The van der Waals surface area contributed by atoms with E-state index in [9.17, 15) is 39.7 Å². The van der Waals surface area contributed by atoms with E-state index in [1.165, 1.54) is 16.7 Å². The number of nitro benzene ring substituents is 2. The van der Waals surface area contributed by atoms with Gasteiger partial charge in [0.15, 0.2) is 6.10 Å². The van der Waals surface area contributed by atoms with Crippen LogP contribution in [0, 0.1) is 27.2 Å². The van der Waals surface area contributed by atoms with E-state index in [0.29, 0.717) is 5.56 Å². The number of non-ortho nitro benzene ring substituents is 2. The Kier molecular flexibility index (Phi) is 10.2. The Bertz CT molecular complexity index is 1580. The number of carbonyl (C=O) groups excluding carboxylic acids is 3. The molecule has 1 fully saturated rings. The molecule has 0 saturated carbocycles. The first-order chi connectivity index (χ1) is 21.3.